The maximum absolute atomic E-state index is 4.55. The van der Waals surface area contributed by atoms with E-state index in [9.17, 15) is 0 Å². The van der Waals surface area contributed by atoms with Gasteiger partial charge in [-0.15, -0.1) is 24.0 Å². The van der Waals surface area contributed by atoms with E-state index < -0.39 is 0 Å². The first-order valence-corrected chi connectivity index (χ1v) is 7.65. The molecule has 1 aromatic heterocycles. The van der Waals surface area contributed by atoms with Gasteiger partial charge in [-0.1, -0.05) is 12.8 Å². The average Bonchev–Trinajstić information content (AvgIpc) is 3.17. The van der Waals surface area contributed by atoms with Crippen LogP contribution in [0.4, 0.5) is 0 Å². The van der Waals surface area contributed by atoms with E-state index >= 15 is 0 Å². The molecular weight excluding hydrogens is 379 g/mol. The van der Waals surface area contributed by atoms with Gasteiger partial charge in [-0.25, -0.2) is 9.67 Å². The number of aromatic nitrogens is 3. The van der Waals surface area contributed by atoms with Gasteiger partial charge in [0, 0.05) is 20.1 Å². The Morgan fingerprint density at radius 3 is 2.90 bits per heavy atom. The van der Waals surface area contributed by atoms with Gasteiger partial charge in [0.25, 0.3) is 0 Å². The van der Waals surface area contributed by atoms with E-state index in [0.29, 0.717) is 0 Å². The molecule has 1 fully saturated rings. The summed E-state index contributed by atoms with van der Waals surface area (Å²) in [4.78, 5) is 8.86. The molecule has 2 N–H and O–H groups in total. The first-order chi connectivity index (χ1) is 9.76. The summed E-state index contributed by atoms with van der Waals surface area (Å²) in [6.45, 7) is 3.93. The first-order valence-electron chi connectivity index (χ1n) is 7.65. The number of nitrogens with one attached hydrogen (secondary N) is 2. The predicted octanol–water partition coefficient (Wildman–Crippen LogP) is 2.00. The molecule has 0 saturated heterocycles. The second-order valence-corrected chi connectivity index (χ2v) is 5.81. The van der Waals surface area contributed by atoms with Crippen LogP contribution >= 0.6 is 24.0 Å². The minimum absolute atomic E-state index is 0. The topological polar surface area (TPSA) is 67.1 Å². The van der Waals surface area contributed by atoms with E-state index in [1.54, 1.807) is 0 Å². The predicted molar refractivity (Wildman–Crippen MR) is 94.0 cm³/mol. The Kier molecular flexibility index (Phi) is 5.83. The zero-order chi connectivity index (χ0) is 13.9. The van der Waals surface area contributed by atoms with Crippen LogP contribution in [-0.2, 0) is 6.54 Å². The third kappa shape index (κ3) is 4.31. The molecule has 1 saturated carbocycles. The number of aryl methyl sites for hydroxylation is 2. The number of hydrogen-bond acceptors (Lipinski definition) is 3. The molecule has 1 aromatic rings. The minimum atomic E-state index is 0. The van der Waals surface area contributed by atoms with Crippen LogP contribution < -0.4 is 10.6 Å². The Bertz CT molecular complexity index is 494. The molecule has 2 aliphatic rings. The Balaban J connectivity index is 0.00000161. The Morgan fingerprint density at radius 2 is 2.19 bits per heavy atom. The number of aliphatic imine (C=N–C) groups is 1. The molecule has 0 amide bonds. The third-order valence-electron chi connectivity index (χ3n) is 4.06. The van der Waals surface area contributed by atoms with Crippen molar-refractivity contribution in [2.24, 2.45) is 10.9 Å². The van der Waals surface area contributed by atoms with Gasteiger partial charge in [0.15, 0.2) is 5.96 Å². The van der Waals surface area contributed by atoms with Crippen molar-refractivity contribution in [2.45, 2.75) is 51.6 Å². The van der Waals surface area contributed by atoms with Crippen LogP contribution in [0.5, 0.6) is 0 Å². The molecule has 118 valence electrons. The molecule has 21 heavy (non-hydrogen) atoms. The Hall–Kier alpha value is -0.860. The molecule has 1 aliphatic carbocycles. The summed E-state index contributed by atoms with van der Waals surface area (Å²) >= 11 is 0. The highest BCUT2D eigenvalue weighted by molar-refractivity contribution is 14.0. The highest BCUT2D eigenvalue weighted by Crippen LogP contribution is 2.31. The van der Waals surface area contributed by atoms with Crippen LogP contribution in [0, 0.1) is 12.8 Å². The zero-order valence-corrected chi connectivity index (χ0v) is 15.1. The molecule has 2 heterocycles. The molecule has 0 radical (unpaired) electrons. The summed E-state index contributed by atoms with van der Waals surface area (Å²) in [7, 11) is 1.82. The lowest BCUT2D eigenvalue weighted by Gasteiger charge is -2.25. The fraction of sp³-hybridized carbons (Fsp3) is 0.786. The molecule has 1 unspecified atom stereocenters. The Labute approximate surface area is 143 Å². The minimum Gasteiger partial charge on any atom is -0.356 e. The summed E-state index contributed by atoms with van der Waals surface area (Å²) in [5, 5.41) is 11.3. The number of fused-ring (bicyclic) bond motifs is 1. The lowest BCUT2D eigenvalue weighted by molar-refractivity contribution is 0.397. The van der Waals surface area contributed by atoms with E-state index in [0.717, 1.165) is 49.5 Å². The molecule has 0 bridgehead atoms. The number of halogens is 1. The van der Waals surface area contributed by atoms with Crippen molar-refractivity contribution in [3.05, 3.63) is 11.6 Å². The highest BCUT2D eigenvalue weighted by atomic mass is 127. The van der Waals surface area contributed by atoms with E-state index in [2.05, 4.69) is 25.7 Å². The Morgan fingerprint density at radius 1 is 1.38 bits per heavy atom. The largest absolute Gasteiger partial charge is 0.356 e. The van der Waals surface area contributed by atoms with Crippen LogP contribution in [-0.4, -0.2) is 34.3 Å². The smallest absolute Gasteiger partial charge is 0.191 e. The SMILES string of the molecule is CN=C(NCCC1CC1)NC1CCCn2nc(C)nc21.I. The fourth-order valence-electron chi connectivity index (χ4n) is 2.77. The van der Waals surface area contributed by atoms with Crippen molar-refractivity contribution in [3.8, 4) is 0 Å². The van der Waals surface area contributed by atoms with Gasteiger partial charge >= 0.3 is 0 Å². The number of rotatable bonds is 4. The molecule has 0 aromatic carbocycles. The van der Waals surface area contributed by atoms with Crippen molar-refractivity contribution in [3.63, 3.8) is 0 Å². The number of guanidine groups is 1. The maximum atomic E-state index is 4.55. The monoisotopic (exact) mass is 404 g/mol. The van der Waals surface area contributed by atoms with Crippen LogP contribution in [0.15, 0.2) is 4.99 Å². The van der Waals surface area contributed by atoms with Gasteiger partial charge < -0.3 is 10.6 Å². The van der Waals surface area contributed by atoms with Crippen molar-refractivity contribution in [1.29, 1.82) is 0 Å². The van der Waals surface area contributed by atoms with Crippen molar-refractivity contribution in [1.82, 2.24) is 25.4 Å². The van der Waals surface area contributed by atoms with E-state index in [1.165, 1.54) is 19.3 Å². The van der Waals surface area contributed by atoms with E-state index in [4.69, 9.17) is 0 Å². The van der Waals surface area contributed by atoms with Crippen molar-refractivity contribution >= 4 is 29.9 Å². The van der Waals surface area contributed by atoms with Crippen molar-refractivity contribution in [2.75, 3.05) is 13.6 Å². The van der Waals surface area contributed by atoms with Gasteiger partial charge in [0.2, 0.25) is 0 Å². The van der Waals surface area contributed by atoms with Crippen LogP contribution in [0.1, 0.15) is 49.8 Å². The normalized spacial score (nSPS) is 21.4. The van der Waals surface area contributed by atoms with E-state index in [-0.39, 0.29) is 30.0 Å². The average molecular weight is 404 g/mol. The van der Waals surface area contributed by atoms with Crippen LogP contribution in [0.3, 0.4) is 0 Å². The number of hydrogen-bond donors (Lipinski definition) is 2. The quantitative estimate of drug-likeness (QED) is 0.458. The molecule has 6 nitrogen and oxygen atoms in total. The summed E-state index contributed by atoms with van der Waals surface area (Å²) in [5.74, 6) is 3.72. The molecule has 1 aliphatic heterocycles. The van der Waals surface area contributed by atoms with E-state index in [1.807, 2.05) is 18.7 Å². The summed E-state index contributed by atoms with van der Waals surface area (Å²) in [6.07, 6.45) is 6.27. The summed E-state index contributed by atoms with van der Waals surface area (Å²) < 4.78 is 2.02. The number of nitrogens with zero attached hydrogens (tertiary/aromatic N) is 4. The standard InChI is InChI=1S/C14H24N6.HI/c1-10-17-13-12(4-3-9-20(13)19-10)18-14(15-2)16-8-7-11-5-6-11;/h11-12H,3-9H2,1-2H3,(H2,15,16,18);1H. The second kappa shape index (κ2) is 7.42. The van der Waals surface area contributed by atoms with Gasteiger partial charge in [-0.05, 0) is 32.1 Å². The summed E-state index contributed by atoms with van der Waals surface area (Å²) in [5.41, 5.74) is 0. The van der Waals surface area contributed by atoms with Gasteiger partial charge in [0.05, 0.1) is 6.04 Å². The van der Waals surface area contributed by atoms with Crippen molar-refractivity contribution < 1.29 is 0 Å². The lowest BCUT2D eigenvalue weighted by atomic mass is 10.1. The van der Waals surface area contributed by atoms with Crippen LogP contribution in [0.25, 0.3) is 0 Å². The second-order valence-electron chi connectivity index (χ2n) is 5.81. The van der Waals surface area contributed by atoms with Crippen LogP contribution in [0.2, 0.25) is 0 Å². The zero-order valence-electron chi connectivity index (χ0n) is 12.8. The van der Waals surface area contributed by atoms with Gasteiger partial charge in [-0.3, -0.25) is 4.99 Å². The fourth-order valence-corrected chi connectivity index (χ4v) is 2.77. The molecule has 7 heteroatoms. The third-order valence-corrected chi connectivity index (χ3v) is 4.06. The summed E-state index contributed by atoms with van der Waals surface area (Å²) in [6, 6.07) is 0.220. The van der Waals surface area contributed by atoms with Gasteiger partial charge in [-0.2, -0.15) is 5.10 Å². The highest BCUT2D eigenvalue weighted by Gasteiger charge is 2.24. The lowest BCUT2D eigenvalue weighted by Crippen LogP contribution is -2.41. The molecular formula is C14H25IN6. The molecule has 1 atom stereocenters. The molecule has 0 spiro atoms. The molecule has 3 rings (SSSR count). The van der Waals surface area contributed by atoms with Gasteiger partial charge in [0.1, 0.15) is 11.6 Å². The maximum Gasteiger partial charge on any atom is 0.191 e. The first kappa shape index (κ1) is 16.5.